The number of hydrogen-bond donors (Lipinski definition) is 2. The molecule has 2 amide bonds. The van der Waals surface area contributed by atoms with Gasteiger partial charge in [-0.3, -0.25) is 19.5 Å². The topological polar surface area (TPSA) is 88.3 Å². The maximum Gasteiger partial charge on any atom is 0.267 e. The Kier molecular flexibility index (Phi) is 3.57. The fourth-order valence-electron chi connectivity index (χ4n) is 2.06. The Hall–Kier alpha value is -1.95. The minimum Gasteiger partial charge on any atom is -0.364 e. The first-order chi connectivity index (χ1) is 8.56. The number of carbonyl (C=O) groups is 2. The lowest BCUT2D eigenvalue weighted by Crippen LogP contribution is -2.47. The molecule has 1 saturated heterocycles. The van der Waals surface area contributed by atoms with Gasteiger partial charge in [0.05, 0.1) is 6.54 Å². The van der Waals surface area contributed by atoms with Gasteiger partial charge < -0.3 is 11.1 Å². The number of rotatable bonds is 3. The van der Waals surface area contributed by atoms with Crippen LogP contribution in [-0.2, 0) is 11.3 Å². The fraction of sp³-hybridized carbons (Fsp3) is 0.417. The molecule has 1 fully saturated rings. The fourth-order valence-corrected chi connectivity index (χ4v) is 2.06. The molecule has 6 heteroatoms. The minimum atomic E-state index is -0.517. The first kappa shape index (κ1) is 12.5. The van der Waals surface area contributed by atoms with Crippen LogP contribution in [0.2, 0.25) is 0 Å². The highest BCUT2D eigenvalue weighted by Gasteiger charge is 2.16. The van der Waals surface area contributed by atoms with Gasteiger partial charge in [-0.2, -0.15) is 0 Å². The van der Waals surface area contributed by atoms with Crippen molar-refractivity contribution in [3.8, 4) is 0 Å². The Balaban J connectivity index is 2.08. The van der Waals surface area contributed by atoms with Gasteiger partial charge in [0.2, 0.25) is 5.91 Å². The molecule has 1 aliphatic heterocycles. The Morgan fingerprint density at radius 3 is 3.00 bits per heavy atom. The zero-order valence-electron chi connectivity index (χ0n) is 10.3. The summed E-state index contributed by atoms with van der Waals surface area (Å²) in [6.07, 6.45) is 1.64. The molecule has 6 nitrogen and oxygen atoms in total. The quantitative estimate of drug-likeness (QED) is 0.749. The van der Waals surface area contributed by atoms with Gasteiger partial charge in [-0.15, -0.1) is 0 Å². The Labute approximate surface area is 105 Å². The Morgan fingerprint density at radius 2 is 2.39 bits per heavy atom. The van der Waals surface area contributed by atoms with E-state index in [1.54, 1.807) is 13.1 Å². The molecule has 0 aliphatic carbocycles. The molecule has 0 saturated carbocycles. The largest absolute Gasteiger partial charge is 0.364 e. The Bertz CT molecular complexity index is 487. The number of aromatic nitrogens is 1. The first-order valence-electron chi connectivity index (χ1n) is 5.80. The number of primary amides is 1. The van der Waals surface area contributed by atoms with Gasteiger partial charge in [0.1, 0.15) is 5.69 Å². The van der Waals surface area contributed by atoms with Crippen molar-refractivity contribution in [2.75, 3.05) is 19.6 Å². The smallest absolute Gasteiger partial charge is 0.267 e. The third-order valence-electron chi connectivity index (χ3n) is 2.89. The SMILES string of the molecule is Cc1cc(CN2CCNC(=O)C2)cnc1C(N)=O. The van der Waals surface area contributed by atoms with E-state index in [0.717, 1.165) is 17.7 Å². The molecule has 0 bridgehead atoms. The van der Waals surface area contributed by atoms with Crippen molar-refractivity contribution < 1.29 is 9.59 Å². The second-order valence-electron chi connectivity index (χ2n) is 4.43. The third kappa shape index (κ3) is 2.84. The van der Waals surface area contributed by atoms with Crippen LogP contribution in [0.1, 0.15) is 21.6 Å². The van der Waals surface area contributed by atoms with Crippen molar-refractivity contribution in [2.24, 2.45) is 5.73 Å². The summed E-state index contributed by atoms with van der Waals surface area (Å²) in [4.78, 5) is 28.4. The monoisotopic (exact) mass is 248 g/mol. The molecule has 1 aliphatic rings. The van der Waals surface area contributed by atoms with Gasteiger partial charge >= 0.3 is 0 Å². The lowest BCUT2D eigenvalue weighted by atomic mass is 10.1. The number of amides is 2. The zero-order chi connectivity index (χ0) is 13.1. The van der Waals surface area contributed by atoms with Crippen molar-refractivity contribution in [3.05, 3.63) is 29.1 Å². The van der Waals surface area contributed by atoms with E-state index in [0.29, 0.717) is 25.3 Å². The van der Waals surface area contributed by atoms with E-state index < -0.39 is 5.91 Å². The van der Waals surface area contributed by atoms with E-state index in [1.165, 1.54) is 0 Å². The van der Waals surface area contributed by atoms with Gasteiger partial charge in [-0.25, -0.2) is 0 Å². The summed E-state index contributed by atoms with van der Waals surface area (Å²) in [7, 11) is 0. The number of hydrogen-bond acceptors (Lipinski definition) is 4. The van der Waals surface area contributed by atoms with Crippen LogP contribution in [0.15, 0.2) is 12.3 Å². The predicted octanol–water partition coefficient (Wildman–Crippen LogP) is -0.579. The number of pyridine rings is 1. The average molecular weight is 248 g/mol. The molecule has 0 atom stereocenters. The molecule has 1 aromatic heterocycles. The Morgan fingerprint density at radius 1 is 1.61 bits per heavy atom. The van der Waals surface area contributed by atoms with Crippen LogP contribution >= 0.6 is 0 Å². The zero-order valence-corrected chi connectivity index (χ0v) is 10.3. The first-order valence-corrected chi connectivity index (χ1v) is 5.80. The molecule has 3 N–H and O–H groups in total. The van der Waals surface area contributed by atoms with Gasteiger partial charge in [0.25, 0.3) is 5.91 Å². The highest BCUT2D eigenvalue weighted by molar-refractivity contribution is 5.92. The van der Waals surface area contributed by atoms with Crippen LogP contribution in [0.3, 0.4) is 0 Å². The highest BCUT2D eigenvalue weighted by atomic mass is 16.2. The second kappa shape index (κ2) is 5.14. The van der Waals surface area contributed by atoms with E-state index in [2.05, 4.69) is 10.3 Å². The molecule has 1 aromatic rings. The van der Waals surface area contributed by atoms with Crippen LogP contribution in [0.25, 0.3) is 0 Å². The van der Waals surface area contributed by atoms with Crippen molar-refractivity contribution in [2.45, 2.75) is 13.5 Å². The summed E-state index contributed by atoms with van der Waals surface area (Å²) in [5.74, 6) is -0.476. The van der Waals surface area contributed by atoms with Crippen LogP contribution in [0.4, 0.5) is 0 Å². The third-order valence-corrected chi connectivity index (χ3v) is 2.89. The number of piperazine rings is 1. The highest BCUT2D eigenvalue weighted by Crippen LogP contribution is 2.10. The van der Waals surface area contributed by atoms with Crippen LogP contribution in [0.5, 0.6) is 0 Å². The summed E-state index contributed by atoms with van der Waals surface area (Å²) < 4.78 is 0. The lowest BCUT2D eigenvalue weighted by molar-refractivity contribution is -0.124. The standard InChI is InChI=1S/C12H16N4O2/c1-8-4-9(5-15-11(8)12(13)18)6-16-3-2-14-10(17)7-16/h4-5H,2-3,6-7H2,1H3,(H2,13,18)(H,14,17). The molecule has 0 spiro atoms. The van der Waals surface area contributed by atoms with E-state index in [-0.39, 0.29) is 5.91 Å². The normalized spacial score (nSPS) is 16.4. The molecule has 2 rings (SSSR count). The van der Waals surface area contributed by atoms with Crippen LogP contribution in [0, 0.1) is 6.92 Å². The molecule has 0 radical (unpaired) electrons. The van der Waals surface area contributed by atoms with Gasteiger partial charge in [0, 0.05) is 25.8 Å². The average Bonchev–Trinajstić information content (AvgIpc) is 2.28. The lowest BCUT2D eigenvalue weighted by Gasteiger charge is -2.26. The summed E-state index contributed by atoms with van der Waals surface area (Å²) in [6, 6.07) is 1.89. The predicted molar refractivity (Wildman–Crippen MR) is 65.8 cm³/mol. The number of nitrogens with zero attached hydrogens (tertiary/aromatic N) is 2. The van der Waals surface area contributed by atoms with E-state index >= 15 is 0 Å². The second-order valence-corrected chi connectivity index (χ2v) is 4.43. The molecule has 18 heavy (non-hydrogen) atoms. The van der Waals surface area contributed by atoms with E-state index in [1.807, 2.05) is 11.0 Å². The van der Waals surface area contributed by atoms with E-state index in [9.17, 15) is 9.59 Å². The number of nitrogens with two attached hydrogens (primary N) is 1. The number of nitrogens with one attached hydrogen (secondary N) is 1. The molecule has 0 unspecified atom stereocenters. The van der Waals surface area contributed by atoms with Gasteiger partial charge in [-0.05, 0) is 18.1 Å². The van der Waals surface area contributed by atoms with Crippen molar-refractivity contribution in [3.63, 3.8) is 0 Å². The van der Waals surface area contributed by atoms with Gasteiger partial charge in [0.15, 0.2) is 0 Å². The molecule has 96 valence electrons. The summed E-state index contributed by atoms with van der Waals surface area (Å²) in [5, 5.41) is 2.78. The van der Waals surface area contributed by atoms with Crippen molar-refractivity contribution in [1.29, 1.82) is 0 Å². The summed E-state index contributed by atoms with van der Waals surface area (Å²) in [5.41, 5.74) is 7.25. The number of carbonyl (C=O) groups excluding carboxylic acids is 2. The van der Waals surface area contributed by atoms with E-state index in [4.69, 9.17) is 5.73 Å². The number of aryl methyl sites for hydroxylation is 1. The summed E-state index contributed by atoms with van der Waals surface area (Å²) in [6.45, 7) is 4.35. The molecule has 0 aromatic carbocycles. The van der Waals surface area contributed by atoms with Gasteiger partial charge in [-0.1, -0.05) is 6.07 Å². The molecule has 2 heterocycles. The van der Waals surface area contributed by atoms with Crippen molar-refractivity contribution in [1.82, 2.24) is 15.2 Å². The minimum absolute atomic E-state index is 0.0414. The maximum atomic E-state index is 11.2. The maximum absolute atomic E-state index is 11.2. The summed E-state index contributed by atoms with van der Waals surface area (Å²) >= 11 is 0. The molecular weight excluding hydrogens is 232 g/mol. The molecular formula is C12H16N4O2. The van der Waals surface area contributed by atoms with Crippen molar-refractivity contribution >= 4 is 11.8 Å². The van der Waals surface area contributed by atoms with Crippen LogP contribution < -0.4 is 11.1 Å². The van der Waals surface area contributed by atoms with Crippen LogP contribution in [-0.4, -0.2) is 41.3 Å².